The lowest BCUT2D eigenvalue weighted by molar-refractivity contribution is 0.483. The molecule has 8 heteroatoms. The molecule has 0 spiro atoms. The molecule has 1 N–H and O–H groups in total. The van der Waals surface area contributed by atoms with Gasteiger partial charge in [-0.05, 0) is 18.7 Å². The molecule has 0 atom stereocenters. The summed E-state index contributed by atoms with van der Waals surface area (Å²) in [4.78, 5) is 0.199. The van der Waals surface area contributed by atoms with Gasteiger partial charge in [0.1, 0.15) is 9.84 Å². The van der Waals surface area contributed by atoms with Crippen molar-refractivity contribution in [3.05, 3.63) is 29.8 Å². The smallest absolute Gasteiger partial charge is 0.243 e. The van der Waals surface area contributed by atoms with E-state index in [0.717, 1.165) is 10.6 Å². The van der Waals surface area contributed by atoms with Crippen LogP contribution in [0.2, 0.25) is 0 Å². The Balaban J connectivity index is 3.04. The predicted octanol–water partition coefficient (Wildman–Crippen LogP) is 0.0711. The molecule has 1 aromatic rings. The van der Waals surface area contributed by atoms with Crippen LogP contribution in [0.3, 0.4) is 0 Å². The van der Waals surface area contributed by atoms with Gasteiger partial charge in [0.05, 0.1) is 10.6 Å². The van der Waals surface area contributed by atoms with Crippen molar-refractivity contribution in [3.63, 3.8) is 0 Å². The maximum Gasteiger partial charge on any atom is 0.243 e. The molecule has 1 aromatic carbocycles. The van der Waals surface area contributed by atoms with E-state index in [4.69, 9.17) is 0 Å². The molecule has 0 saturated heterocycles. The van der Waals surface area contributed by atoms with Gasteiger partial charge >= 0.3 is 0 Å². The topological polar surface area (TPSA) is 83.6 Å². The van der Waals surface area contributed by atoms with Crippen LogP contribution in [0.4, 0.5) is 0 Å². The normalized spacial score (nSPS) is 12.8. The first-order valence-corrected chi connectivity index (χ1v) is 9.55. The van der Waals surface area contributed by atoms with Gasteiger partial charge in [0.15, 0.2) is 0 Å². The van der Waals surface area contributed by atoms with Gasteiger partial charge in [0.2, 0.25) is 10.0 Å². The summed E-state index contributed by atoms with van der Waals surface area (Å²) >= 11 is 0. The Kier molecular flexibility index (Phi) is 5.69. The number of nitrogens with zero attached hydrogens (tertiary/aromatic N) is 1. The fraction of sp³-hybridized carbons (Fsp3) is 0.500. The Morgan fingerprint density at radius 3 is 2.30 bits per heavy atom. The van der Waals surface area contributed by atoms with Gasteiger partial charge in [-0.1, -0.05) is 18.2 Å². The molecule has 0 aromatic heterocycles. The third kappa shape index (κ3) is 4.55. The first-order chi connectivity index (χ1) is 9.18. The van der Waals surface area contributed by atoms with E-state index in [0.29, 0.717) is 12.1 Å². The molecule has 0 aliphatic carbocycles. The molecule has 20 heavy (non-hydrogen) atoms. The van der Waals surface area contributed by atoms with Crippen LogP contribution in [0.1, 0.15) is 5.56 Å². The fourth-order valence-electron chi connectivity index (χ4n) is 1.67. The predicted molar refractivity (Wildman–Crippen MR) is 78.7 cm³/mol. The van der Waals surface area contributed by atoms with E-state index in [2.05, 4.69) is 5.32 Å². The molecule has 0 aliphatic rings. The van der Waals surface area contributed by atoms with E-state index in [1.54, 1.807) is 25.2 Å². The van der Waals surface area contributed by atoms with E-state index in [9.17, 15) is 16.8 Å². The Morgan fingerprint density at radius 1 is 1.15 bits per heavy atom. The van der Waals surface area contributed by atoms with E-state index < -0.39 is 19.9 Å². The molecular weight excluding hydrogens is 300 g/mol. The van der Waals surface area contributed by atoms with E-state index in [1.165, 1.54) is 13.1 Å². The van der Waals surface area contributed by atoms with E-state index >= 15 is 0 Å². The van der Waals surface area contributed by atoms with Crippen molar-refractivity contribution in [1.82, 2.24) is 9.62 Å². The summed E-state index contributed by atoms with van der Waals surface area (Å²) in [6, 6.07) is 6.67. The number of nitrogens with one attached hydrogen (secondary N) is 1. The Bertz CT molecular complexity index is 654. The molecule has 0 heterocycles. The van der Waals surface area contributed by atoms with Crippen molar-refractivity contribution in [1.29, 1.82) is 0 Å². The zero-order valence-corrected chi connectivity index (χ0v) is 13.5. The molecular formula is C12H20N2O4S2. The second-order valence-corrected chi connectivity index (χ2v) is 8.87. The van der Waals surface area contributed by atoms with Crippen LogP contribution >= 0.6 is 0 Å². The van der Waals surface area contributed by atoms with Crippen LogP contribution < -0.4 is 5.32 Å². The fourth-order valence-corrected chi connectivity index (χ4v) is 3.79. The minimum Gasteiger partial charge on any atom is -0.316 e. The van der Waals surface area contributed by atoms with Crippen LogP contribution in [-0.4, -0.2) is 53.8 Å². The van der Waals surface area contributed by atoms with Crippen molar-refractivity contribution in [3.8, 4) is 0 Å². The van der Waals surface area contributed by atoms with Gasteiger partial charge in [-0.2, -0.15) is 4.31 Å². The number of hydrogen-bond donors (Lipinski definition) is 1. The van der Waals surface area contributed by atoms with E-state index in [-0.39, 0.29) is 17.2 Å². The SMILES string of the molecule is CNCc1ccccc1S(=O)(=O)N(C)CCS(C)(=O)=O. The molecule has 0 saturated carbocycles. The maximum atomic E-state index is 12.4. The zero-order valence-electron chi connectivity index (χ0n) is 11.8. The monoisotopic (exact) mass is 320 g/mol. The first kappa shape index (κ1) is 17.1. The van der Waals surface area contributed by atoms with Crippen LogP contribution in [0, 0.1) is 0 Å². The molecule has 114 valence electrons. The van der Waals surface area contributed by atoms with Crippen molar-refractivity contribution < 1.29 is 16.8 Å². The quantitative estimate of drug-likeness (QED) is 0.769. The van der Waals surface area contributed by atoms with Gasteiger partial charge in [0, 0.05) is 26.4 Å². The molecule has 0 unspecified atom stereocenters. The average molecular weight is 320 g/mol. The highest BCUT2D eigenvalue weighted by molar-refractivity contribution is 7.91. The highest BCUT2D eigenvalue weighted by atomic mass is 32.2. The molecule has 0 radical (unpaired) electrons. The van der Waals surface area contributed by atoms with Crippen molar-refractivity contribution in [2.24, 2.45) is 0 Å². The second-order valence-electron chi connectivity index (χ2n) is 4.59. The summed E-state index contributed by atoms with van der Waals surface area (Å²) in [7, 11) is -3.77. The molecule has 0 amide bonds. The van der Waals surface area contributed by atoms with Gasteiger partial charge in [-0.15, -0.1) is 0 Å². The number of hydrogen-bond acceptors (Lipinski definition) is 5. The summed E-state index contributed by atoms with van der Waals surface area (Å²) in [6.45, 7) is 0.365. The molecule has 6 nitrogen and oxygen atoms in total. The average Bonchev–Trinajstić information content (AvgIpc) is 2.36. The highest BCUT2D eigenvalue weighted by Crippen LogP contribution is 2.19. The highest BCUT2D eigenvalue weighted by Gasteiger charge is 2.24. The largest absolute Gasteiger partial charge is 0.316 e. The minimum absolute atomic E-state index is 0.0605. The first-order valence-electron chi connectivity index (χ1n) is 6.05. The van der Waals surface area contributed by atoms with Crippen molar-refractivity contribution in [2.75, 3.05) is 32.6 Å². The molecule has 0 aliphatic heterocycles. The lowest BCUT2D eigenvalue weighted by Gasteiger charge is -2.18. The third-order valence-electron chi connectivity index (χ3n) is 2.81. The summed E-state index contributed by atoms with van der Waals surface area (Å²) in [5.41, 5.74) is 0.654. The van der Waals surface area contributed by atoms with Crippen LogP contribution in [-0.2, 0) is 26.4 Å². The summed E-state index contributed by atoms with van der Waals surface area (Å²) < 4.78 is 48.2. The lowest BCUT2D eigenvalue weighted by Crippen LogP contribution is -2.32. The Labute approximate surface area is 120 Å². The van der Waals surface area contributed by atoms with Crippen molar-refractivity contribution >= 4 is 19.9 Å². The number of sulfone groups is 1. The summed E-state index contributed by atoms with van der Waals surface area (Å²) in [5, 5.41) is 2.91. The number of sulfonamides is 1. The second kappa shape index (κ2) is 6.66. The van der Waals surface area contributed by atoms with Gasteiger partial charge in [-0.25, -0.2) is 16.8 Å². The van der Waals surface area contributed by atoms with Crippen LogP contribution in [0.5, 0.6) is 0 Å². The lowest BCUT2D eigenvalue weighted by atomic mass is 10.2. The molecule has 1 rings (SSSR count). The van der Waals surface area contributed by atoms with Gasteiger partial charge in [-0.3, -0.25) is 0 Å². The standard InChI is InChI=1S/C12H20N2O4S2/c1-13-10-11-6-4-5-7-12(11)20(17,18)14(2)8-9-19(3,15)16/h4-7,13H,8-10H2,1-3H3. The van der Waals surface area contributed by atoms with E-state index in [1.807, 2.05) is 0 Å². The number of benzene rings is 1. The third-order valence-corrected chi connectivity index (χ3v) is 5.69. The van der Waals surface area contributed by atoms with Crippen LogP contribution in [0.25, 0.3) is 0 Å². The maximum absolute atomic E-state index is 12.4. The molecule has 0 fully saturated rings. The number of rotatable bonds is 7. The molecule has 0 bridgehead atoms. The van der Waals surface area contributed by atoms with Crippen LogP contribution in [0.15, 0.2) is 29.2 Å². The summed E-state index contributed by atoms with van der Waals surface area (Å²) in [6.07, 6.45) is 1.09. The minimum atomic E-state index is -3.69. The zero-order chi connectivity index (χ0) is 15.4. The Morgan fingerprint density at radius 2 is 1.75 bits per heavy atom. The summed E-state index contributed by atoms with van der Waals surface area (Å²) in [5.74, 6) is -0.197. The van der Waals surface area contributed by atoms with Gasteiger partial charge < -0.3 is 5.32 Å². The van der Waals surface area contributed by atoms with Gasteiger partial charge in [0.25, 0.3) is 0 Å². The Hall–Kier alpha value is -0.960. The van der Waals surface area contributed by atoms with Crippen molar-refractivity contribution in [2.45, 2.75) is 11.4 Å².